The highest BCUT2D eigenvalue weighted by Crippen LogP contribution is 2.32. The Bertz CT molecular complexity index is 1320. The fourth-order valence-electron chi connectivity index (χ4n) is 5.13. The van der Waals surface area contributed by atoms with Crippen LogP contribution in [0.3, 0.4) is 0 Å². The molecule has 0 aliphatic carbocycles. The maximum Gasteiger partial charge on any atom is 0.416 e. The Morgan fingerprint density at radius 2 is 1.27 bits per heavy atom. The topological polar surface area (TPSA) is 93.6 Å². The predicted molar refractivity (Wildman–Crippen MR) is 156 cm³/mol. The first-order chi connectivity index (χ1) is 19.8. The molecule has 3 saturated heterocycles. The van der Waals surface area contributed by atoms with Crippen LogP contribution in [0.2, 0.25) is 0 Å². The van der Waals surface area contributed by atoms with Gasteiger partial charge in [-0.1, -0.05) is 12.1 Å². The number of rotatable bonds is 6. The zero-order chi connectivity index (χ0) is 28.4. The second kappa shape index (κ2) is 11.9. The van der Waals surface area contributed by atoms with Crippen molar-refractivity contribution in [1.82, 2.24) is 24.8 Å². The summed E-state index contributed by atoms with van der Waals surface area (Å²) in [4.78, 5) is 40.1. The Morgan fingerprint density at radius 3 is 1.78 bits per heavy atom. The summed E-state index contributed by atoms with van der Waals surface area (Å²) in [6, 6.07) is 4.87. The molecule has 0 unspecified atom stereocenters. The van der Waals surface area contributed by atoms with E-state index in [1.165, 1.54) is 23.5 Å². The molecule has 2 aromatic heterocycles. The summed E-state index contributed by atoms with van der Waals surface area (Å²) in [6.45, 7) is 6.13. The number of aromatic nitrogens is 4. The fraction of sp³-hybridized carbons (Fsp3) is 0.500. The second-order valence-electron chi connectivity index (χ2n) is 10.2. The minimum absolute atomic E-state index is 0.123. The normalized spacial score (nSPS) is 17.9. The van der Waals surface area contributed by atoms with E-state index in [0.717, 1.165) is 87.8 Å². The van der Waals surface area contributed by atoms with E-state index in [1.807, 2.05) is 0 Å². The third-order valence-electron chi connectivity index (χ3n) is 7.44. The molecule has 1 aromatic carbocycles. The molecule has 0 bridgehead atoms. The van der Waals surface area contributed by atoms with Crippen LogP contribution in [0.5, 0.6) is 0 Å². The highest BCUT2D eigenvalue weighted by atomic mass is 32.2. The van der Waals surface area contributed by atoms with Gasteiger partial charge in [0, 0.05) is 75.2 Å². The van der Waals surface area contributed by atoms with Crippen molar-refractivity contribution in [3.8, 4) is 11.3 Å². The highest BCUT2D eigenvalue weighted by molar-refractivity contribution is 8.14. The number of nitrogens with one attached hydrogen (secondary N) is 1. The van der Waals surface area contributed by atoms with Gasteiger partial charge in [-0.05, 0) is 37.8 Å². The number of piperazine rings is 1. The second-order valence-corrected chi connectivity index (χ2v) is 11.8. The van der Waals surface area contributed by atoms with Gasteiger partial charge in [0.1, 0.15) is 0 Å². The number of hydrogen-bond donors (Lipinski definition) is 1. The van der Waals surface area contributed by atoms with Gasteiger partial charge in [0.2, 0.25) is 17.8 Å². The number of thiazole rings is 1. The number of nitrogens with zero attached hydrogens (tertiary/aromatic N) is 8. The number of anilines is 4. The molecule has 5 heterocycles. The van der Waals surface area contributed by atoms with Gasteiger partial charge in [-0.15, -0.1) is 11.3 Å². The first kappa shape index (κ1) is 27.8. The molecule has 0 saturated carbocycles. The van der Waals surface area contributed by atoms with Crippen molar-refractivity contribution in [2.24, 2.45) is 0 Å². The molecule has 3 fully saturated rings. The maximum absolute atomic E-state index is 12.9. The number of benzene rings is 1. The molecule has 3 aliphatic heterocycles. The number of amides is 1. The van der Waals surface area contributed by atoms with E-state index in [9.17, 15) is 18.0 Å². The summed E-state index contributed by atoms with van der Waals surface area (Å²) < 4.78 is 41.5. The lowest BCUT2D eigenvalue weighted by Crippen LogP contribution is -2.48. The van der Waals surface area contributed by atoms with Crippen LogP contribution in [0.4, 0.5) is 40.9 Å². The quantitative estimate of drug-likeness (QED) is 0.377. The van der Waals surface area contributed by atoms with Crippen molar-refractivity contribution in [2.75, 3.05) is 71.8 Å². The summed E-state index contributed by atoms with van der Waals surface area (Å²) >= 11 is 2.24. The summed E-state index contributed by atoms with van der Waals surface area (Å²) in [5, 5.41) is 2.13. The van der Waals surface area contributed by atoms with Gasteiger partial charge in [0.05, 0.1) is 11.3 Å². The Morgan fingerprint density at radius 1 is 0.756 bits per heavy atom. The maximum atomic E-state index is 12.9. The van der Waals surface area contributed by atoms with Crippen LogP contribution in [0.25, 0.3) is 11.3 Å². The Labute approximate surface area is 244 Å². The van der Waals surface area contributed by atoms with Crippen molar-refractivity contribution < 1.29 is 18.0 Å². The van der Waals surface area contributed by atoms with Crippen LogP contribution >= 0.6 is 23.3 Å². The molecule has 1 N–H and O–H groups in total. The van der Waals surface area contributed by atoms with Crippen molar-refractivity contribution >= 4 is 51.5 Å². The molecule has 10 nitrogen and oxygen atoms in total. The lowest BCUT2D eigenvalue weighted by atomic mass is 10.1. The molecule has 0 radical (unpaired) electrons. The average Bonchev–Trinajstić information content (AvgIpc) is 3.79. The molecule has 0 atom stereocenters. The first-order valence-corrected chi connectivity index (χ1v) is 15.4. The number of hydrogen-bond acceptors (Lipinski definition) is 11. The molecule has 218 valence electrons. The largest absolute Gasteiger partial charge is 0.416 e. The predicted octanol–water partition coefficient (Wildman–Crippen LogP) is 5.22. The molecule has 0 spiro atoms. The summed E-state index contributed by atoms with van der Waals surface area (Å²) in [6.07, 6.45) is 0.190. The summed E-state index contributed by atoms with van der Waals surface area (Å²) in [5.74, 6) is 2.15. The molecular weight excluding hydrogens is 575 g/mol. The van der Waals surface area contributed by atoms with Crippen LogP contribution in [-0.2, 0) is 6.18 Å². The van der Waals surface area contributed by atoms with Crippen molar-refractivity contribution in [2.45, 2.75) is 31.9 Å². The number of carbonyl (C=O) groups excluding carboxylic acids is 1. The van der Waals surface area contributed by atoms with Crippen LogP contribution in [-0.4, -0.2) is 82.4 Å². The number of alkyl halides is 3. The number of halogens is 3. The van der Waals surface area contributed by atoms with Crippen molar-refractivity contribution in [3.05, 3.63) is 35.2 Å². The van der Waals surface area contributed by atoms with Gasteiger partial charge in [-0.25, -0.2) is 4.98 Å². The van der Waals surface area contributed by atoms with Gasteiger partial charge < -0.3 is 19.6 Å². The van der Waals surface area contributed by atoms with E-state index in [2.05, 4.69) is 24.4 Å². The third-order valence-corrected chi connectivity index (χ3v) is 9.05. The van der Waals surface area contributed by atoms with Crippen LogP contribution in [0.15, 0.2) is 29.6 Å². The van der Waals surface area contributed by atoms with Crippen molar-refractivity contribution in [3.63, 3.8) is 0 Å². The van der Waals surface area contributed by atoms with E-state index in [1.54, 1.807) is 10.3 Å². The van der Waals surface area contributed by atoms with Crippen LogP contribution < -0.4 is 19.4 Å². The highest BCUT2D eigenvalue weighted by Gasteiger charge is 2.30. The number of carbonyl (C=O) groups is 1. The zero-order valence-electron chi connectivity index (χ0n) is 22.3. The third kappa shape index (κ3) is 6.45. The minimum Gasteiger partial charge on any atom is -0.341 e. The lowest BCUT2D eigenvalue weighted by Gasteiger charge is -2.35. The van der Waals surface area contributed by atoms with Gasteiger partial charge in [0.15, 0.2) is 5.13 Å². The molecule has 3 aliphatic rings. The Hall–Kier alpha value is -3.33. The molecule has 41 heavy (non-hydrogen) atoms. The van der Waals surface area contributed by atoms with E-state index < -0.39 is 11.7 Å². The first-order valence-electron chi connectivity index (χ1n) is 13.7. The van der Waals surface area contributed by atoms with Crippen LogP contribution in [0, 0.1) is 0 Å². The van der Waals surface area contributed by atoms with Crippen molar-refractivity contribution in [1.29, 1.82) is 0 Å². The van der Waals surface area contributed by atoms with Gasteiger partial charge in [0.25, 0.3) is 0 Å². The zero-order valence-corrected chi connectivity index (χ0v) is 23.9. The minimum atomic E-state index is -4.38. The molecular formula is C26H30F3N9OS2. The van der Waals surface area contributed by atoms with E-state index in [0.29, 0.717) is 48.5 Å². The molecule has 6 rings (SSSR count). The molecule has 15 heteroatoms. The smallest absolute Gasteiger partial charge is 0.341 e. The Kier molecular flexibility index (Phi) is 8.06. The monoisotopic (exact) mass is 605 g/mol. The molecule has 3 aromatic rings. The van der Waals surface area contributed by atoms with Gasteiger partial charge in [-0.3, -0.25) is 9.52 Å². The van der Waals surface area contributed by atoms with E-state index in [4.69, 9.17) is 15.0 Å². The molecule has 1 amide bonds. The van der Waals surface area contributed by atoms with Gasteiger partial charge >= 0.3 is 11.4 Å². The lowest BCUT2D eigenvalue weighted by molar-refractivity contribution is -0.137. The standard InChI is InChI=1S/C26H30F3N9OS2/c27-26(28,29)19-7-5-18(6-8-19)20-17-40-24(30-20)34-41-25(39)38-15-13-37(14-16-38)23-32-21(35-9-1-2-10-35)31-22(33-23)36-11-3-4-12-36/h5-8,17H,1-4,9-16H2,(H,30,34). The summed E-state index contributed by atoms with van der Waals surface area (Å²) in [7, 11) is 0. The average molecular weight is 606 g/mol. The Balaban J connectivity index is 1.04. The summed E-state index contributed by atoms with van der Waals surface area (Å²) in [5.41, 5.74) is 0.423. The SMILES string of the molecule is O=C(SNc1nc(-c2ccc(C(F)(F)F)cc2)cs1)N1CCN(c2nc(N3CCCC3)nc(N3CCCC3)n2)CC1. The van der Waals surface area contributed by atoms with Gasteiger partial charge in [-0.2, -0.15) is 28.1 Å². The van der Waals surface area contributed by atoms with Crippen LogP contribution in [0.1, 0.15) is 31.2 Å². The van der Waals surface area contributed by atoms with E-state index >= 15 is 0 Å². The van der Waals surface area contributed by atoms with E-state index in [-0.39, 0.29) is 5.24 Å². The fourth-order valence-corrected chi connectivity index (χ4v) is 6.54.